The number of halogens is 1. The zero-order valence-electron chi connectivity index (χ0n) is 10.8. The lowest BCUT2D eigenvalue weighted by Gasteiger charge is -2.32. The normalized spacial score (nSPS) is 19.8. The van der Waals surface area contributed by atoms with Gasteiger partial charge in [0.1, 0.15) is 5.52 Å². The van der Waals surface area contributed by atoms with Crippen LogP contribution in [-0.4, -0.2) is 33.6 Å². The average Bonchev–Trinajstić information content (AvgIpc) is 2.47. The summed E-state index contributed by atoms with van der Waals surface area (Å²) < 4.78 is 0. The van der Waals surface area contributed by atoms with Crippen molar-refractivity contribution in [2.24, 2.45) is 5.92 Å². The van der Waals surface area contributed by atoms with Gasteiger partial charge in [-0.05, 0) is 37.3 Å². The van der Waals surface area contributed by atoms with Gasteiger partial charge in [-0.15, -0.1) is 10.2 Å². The van der Waals surface area contributed by atoms with Crippen LogP contribution in [0.2, 0.25) is 0 Å². The highest BCUT2D eigenvalue weighted by Crippen LogP contribution is 2.23. The molecule has 1 saturated heterocycles. The molecule has 0 spiro atoms. The van der Waals surface area contributed by atoms with Gasteiger partial charge in [0.05, 0.1) is 5.52 Å². The molecule has 3 rings (SSSR count). The van der Waals surface area contributed by atoms with Crippen LogP contribution in [0.15, 0.2) is 24.3 Å². The summed E-state index contributed by atoms with van der Waals surface area (Å²) in [6.45, 7) is 2.09. The Morgan fingerprint density at radius 3 is 2.89 bits per heavy atom. The first kappa shape index (κ1) is 12.8. The van der Waals surface area contributed by atoms with Gasteiger partial charge in [-0.1, -0.05) is 28.1 Å². The van der Waals surface area contributed by atoms with Gasteiger partial charge in [-0.25, -0.2) is 4.98 Å². The standard InChI is InChI=1S/C14H17BrN4/c15-8-7-11-4-3-9-19(10-11)14-16-12-5-1-2-6-13(12)17-18-14/h1-2,5-6,11H,3-4,7-10H2. The molecule has 0 radical (unpaired) electrons. The molecule has 1 aromatic heterocycles. The Kier molecular flexibility index (Phi) is 3.92. The molecule has 0 N–H and O–H groups in total. The molecule has 0 amide bonds. The molecule has 19 heavy (non-hydrogen) atoms. The maximum absolute atomic E-state index is 4.63. The van der Waals surface area contributed by atoms with Crippen molar-refractivity contribution in [2.75, 3.05) is 23.3 Å². The van der Waals surface area contributed by atoms with E-state index in [1.54, 1.807) is 0 Å². The second-order valence-electron chi connectivity index (χ2n) is 5.03. The quantitative estimate of drug-likeness (QED) is 0.815. The van der Waals surface area contributed by atoms with Crippen LogP contribution in [0.3, 0.4) is 0 Å². The highest BCUT2D eigenvalue weighted by Gasteiger charge is 2.21. The number of para-hydroxylation sites is 1. The molecule has 1 atom stereocenters. The molecule has 0 aliphatic carbocycles. The third-order valence-electron chi connectivity index (χ3n) is 3.67. The van der Waals surface area contributed by atoms with Gasteiger partial charge in [-0.3, -0.25) is 0 Å². The average molecular weight is 321 g/mol. The summed E-state index contributed by atoms with van der Waals surface area (Å²) in [4.78, 5) is 6.91. The molecule has 1 aliphatic heterocycles. The zero-order chi connectivity index (χ0) is 13.1. The first-order valence-corrected chi connectivity index (χ1v) is 7.89. The van der Waals surface area contributed by atoms with Gasteiger partial charge in [0.2, 0.25) is 5.95 Å². The van der Waals surface area contributed by atoms with E-state index in [9.17, 15) is 0 Å². The van der Waals surface area contributed by atoms with Crippen LogP contribution in [0, 0.1) is 5.92 Å². The van der Waals surface area contributed by atoms with Crippen LogP contribution in [0.5, 0.6) is 0 Å². The van der Waals surface area contributed by atoms with Crippen LogP contribution in [0.1, 0.15) is 19.3 Å². The van der Waals surface area contributed by atoms with Crippen molar-refractivity contribution >= 4 is 32.9 Å². The predicted molar refractivity (Wildman–Crippen MR) is 80.7 cm³/mol. The molecule has 100 valence electrons. The first-order valence-electron chi connectivity index (χ1n) is 6.77. The Morgan fingerprint density at radius 1 is 1.21 bits per heavy atom. The number of fused-ring (bicyclic) bond motifs is 1. The number of piperidine rings is 1. The zero-order valence-corrected chi connectivity index (χ0v) is 12.4. The van der Waals surface area contributed by atoms with Crippen LogP contribution in [0.25, 0.3) is 11.0 Å². The summed E-state index contributed by atoms with van der Waals surface area (Å²) in [6, 6.07) is 7.90. The first-order chi connectivity index (χ1) is 9.36. The Balaban J connectivity index is 1.83. The fourth-order valence-corrected chi connectivity index (χ4v) is 3.29. The molecular formula is C14H17BrN4. The smallest absolute Gasteiger partial charge is 0.245 e. The Bertz CT molecular complexity index is 558. The lowest BCUT2D eigenvalue weighted by atomic mass is 9.96. The molecule has 1 aliphatic rings. The van der Waals surface area contributed by atoms with Crippen molar-refractivity contribution in [1.29, 1.82) is 0 Å². The topological polar surface area (TPSA) is 41.9 Å². The van der Waals surface area contributed by atoms with Crippen LogP contribution >= 0.6 is 15.9 Å². The number of anilines is 1. The summed E-state index contributed by atoms with van der Waals surface area (Å²) in [5.41, 5.74) is 1.79. The third kappa shape index (κ3) is 2.86. The van der Waals surface area contributed by atoms with Gasteiger partial charge in [0, 0.05) is 18.4 Å². The van der Waals surface area contributed by atoms with E-state index in [0.717, 1.165) is 41.3 Å². The van der Waals surface area contributed by atoms with E-state index in [1.165, 1.54) is 19.3 Å². The van der Waals surface area contributed by atoms with Gasteiger partial charge in [0.15, 0.2) is 0 Å². The van der Waals surface area contributed by atoms with E-state index in [-0.39, 0.29) is 0 Å². The van der Waals surface area contributed by atoms with E-state index in [4.69, 9.17) is 0 Å². The summed E-state index contributed by atoms with van der Waals surface area (Å²) in [6.07, 6.45) is 3.74. The van der Waals surface area contributed by atoms with E-state index >= 15 is 0 Å². The van der Waals surface area contributed by atoms with E-state index < -0.39 is 0 Å². The fourth-order valence-electron chi connectivity index (χ4n) is 2.64. The van der Waals surface area contributed by atoms with Crippen molar-refractivity contribution < 1.29 is 0 Å². The van der Waals surface area contributed by atoms with E-state index in [1.807, 2.05) is 24.3 Å². The van der Waals surface area contributed by atoms with Crippen LogP contribution in [-0.2, 0) is 0 Å². The number of aromatic nitrogens is 3. The molecule has 1 fully saturated rings. The van der Waals surface area contributed by atoms with Gasteiger partial charge < -0.3 is 4.90 Å². The second-order valence-corrected chi connectivity index (χ2v) is 5.83. The maximum atomic E-state index is 4.63. The summed E-state index contributed by atoms with van der Waals surface area (Å²) in [5.74, 6) is 1.51. The van der Waals surface area contributed by atoms with E-state index in [0.29, 0.717) is 0 Å². The van der Waals surface area contributed by atoms with E-state index in [2.05, 4.69) is 36.0 Å². The lowest BCUT2D eigenvalue weighted by molar-refractivity contribution is 0.403. The predicted octanol–water partition coefficient (Wildman–Crippen LogP) is 3.03. The van der Waals surface area contributed by atoms with Crippen molar-refractivity contribution in [1.82, 2.24) is 15.2 Å². The minimum absolute atomic E-state index is 0.739. The van der Waals surface area contributed by atoms with Gasteiger partial charge in [-0.2, -0.15) is 0 Å². The van der Waals surface area contributed by atoms with Crippen molar-refractivity contribution in [3.05, 3.63) is 24.3 Å². The molecule has 4 nitrogen and oxygen atoms in total. The van der Waals surface area contributed by atoms with Gasteiger partial charge >= 0.3 is 0 Å². The Labute approximate surface area is 121 Å². The largest absolute Gasteiger partial charge is 0.339 e. The molecule has 5 heteroatoms. The number of hydrogen-bond donors (Lipinski definition) is 0. The SMILES string of the molecule is BrCCC1CCCN(c2nnc3ccccc3n2)C1. The molecule has 1 aromatic carbocycles. The maximum Gasteiger partial charge on any atom is 0.245 e. The molecule has 0 bridgehead atoms. The summed E-state index contributed by atoms with van der Waals surface area (Å²) in [5, 5.41) is 9.61. The summed E-state index contributed by atoms with van der Waals surface area (Å²) >= 11 is 3.53. The molecule has 2 aromatic rings. The fraction of sp³-hybridized carbons (Fsp3) is 0.500. The second kappa shape index (κ2) is 5.82. The number of nitrogens with zero attached hydrogens (tertiary/aromatic N) is 4. The van der Waals surface area contributed by atoms with Crippen molar-refractivity contribution in [3.8, 4) is 0 Å². The number of hydrogen-bond acceptors (Lipinski definition) is 4. The summed E-state index contributed by atoms with van der Waals surface area (Å²) in [7, 11) is 0. The molecule has 0 saturated carbocycles. The number of benzene rings is 1. The Hall–Kier alpha value is -1.23. The highest BCUT2D eigenvalue weighted by molar-refractivity contribution is 9.09. The molecule has 2 heterocycles. The Morgan fingerprint density at radius 2 is 2.05 bits per heavy atom. The molecule has 1 unspecified atom stereocenters. The van der Waals surface area contributed by atoms with Crippen LogP contribution in [0.4, 0.5) is 5.95 Å². The minimum Gasteiger partial charge on any atom is -0.339 e. The van der Waals surface area contributed by atoms with Crippen molar-refractivity contribution in [2.45, 2.75) is 19.3 Å². The minimum atomic E-state index is 0.739. The lowest BCUT2D eigenvalue weighted by Crippen LogP contribution is -2.36. The van der Waals surface area contributed by atoms with Gasteiger partial charge in [0.25, 0.3) is 0 Å². The van der Waals surface area contributed by atoms with Crippen molar-refractivity contribution in [3.63, 3.8) is 0 Å². The molecular weight excluding hydrogens is 304 g/mol. The third-order valence-corrected chi connectivity index (χ3v) is 4.13. The number of rotatable bonds is 3. The highest BCUT2D eigenvalue weighted by atomic mass is 79.9. The van der Waals surface area contributed by atoms with Crippen LogP contribution < -0.4 is 4.90 Å². The monoisotopic (exact) mass is 320 g/mol. The number of alkyl halides is 1.